The van der Waals surface area contributed by atoms with Crippen molar-refractivity contribution < 1.29 is 14.0 Å². The Morgan fingerprint density at radius 1 is 1.21 bits per heavy atom. The first-order valence-corrected chi connectivity index (χ1v) is 8.53. The Balaban J connectivity index is 1.76. The van der Waals surface area contributed by atoms with E-state index in [1.54, 1.807) is 13.0 Å². The van der Waals surface area contributed by atoms with Gasteiger partial charge in [-0.3, -0.25) is 9.59 Å². The molecule has 1 fully saturated rings. The van der Waals surface area contributed by atoms with Crippen molar-refractivity contribution in [3.63, 3.8) is 0 Å². The molecule has 6 heteroatoms. The lowest BCUT2D eigenvalue weighted by molar-refractivity contribution is -0.136. The highest BCUT2D eigenvalue weighted by molar-refractivity contribution is 6.39. The fraction of sp³-hybridized carbons (Fsp3) is 0.556. The van der Waals surface area contributed by atoms with E-state index in [-0.39, 0.29) is 11.6 Å². The van der Waals surface area contributed by atoms with Crippen molar-refractivity contribution in [2.24, 2.45) is 5.92 Å². The lowest BCUT2D eigenvalue weighted by Gasteiger charge is -2.29. The fourth-order valence-corrected chi connectivity index (χ4v) is 2.91. The van der Waals surface area contributed by atoms with Crippen LogP contribution >= 0.6 is 0 Å². The van der Waals surface area contributed by atoms with E-state index in [1.807, 2.05) is 6.92 Å². The molecule has 132 valence electrons. The summed E-state index contributed by atoms with van der Waals surface area (Å²) in [4.78, 5) is 26.2. The van der Waals surface area contributed by atoms with E-state index in [4.69, 9.17) is 0 Å². The van der Waals surface area contributed by atoms with Gasteiger partial charge in [-0.2, -0.15) is 0 Å². The Morgan fingerprint density at radius 3 is 2.62 bits per heavy atom. The maximum Gasteiger partial charge on any atom is 0.313 e. The van der Waals surface area contributed by atoms with Crippen LogP contribution in [0.1, 0.15) is 31.7 Å². The Kier molecular flexibility index (Phi) is 6.73. The van der Waals surface area contributed by atoms with Crippen molar-refractivity contribution >= 4 is 17.5 Å². The van der Waals surface area contributed by atoms with Gasteiger partial charge in [-0.25, -0.2) is 4.39 Å². The van der Waals surface area contributed by atoms with Crippen LogP contribution in [0.4, 0.5) is 10.1 Å². The number of hydrogen-bond acceptors (Lipinski definition) is 3. The van der Waals surface area contributed by atoms with Crippen LogP contribution < -0.4 is 10.6 Å². The Bertz CT molecular complexity index is 586. The molecule has 1 unspecified atom stereocenters. The molecule has 1 aromatic rings. The molecular weight excluding hydrogens is 309 g/mol. The minimum atomic E-state index is -0.843. The third-order valence-electron chi connectivity index (χ3n) is 4.21. The quantitative estimate of drug-likeness (QED) is 0.812. The molecule has 2 rings (SSSR count). The van der Waals surface area contributed by atoms with E-state index in [2.05, 4.69) is 15.5 Å². The molecule has 0 radical (unpaired) electrons. The number of nitrogens with zero attached hydrogens (tertiary/aromatic N) is 1. The van der Waals surface area contributed by atoms with Crippen molar-refractivity contribution in [2.75, 3.05) is 31.5 Å². The summed E-state index contributed by atoms with van der Waals surface area (Å²) in [5, 5.41) is 4.95. The van der Waals surface area contributed by atoms with Gasteiger partial charge < -0.3 is 15.5 Å². The van der Waals surface area contributed by atoms with Gasteiger partial charge in [0.25, 0.3) is 0 Å². The van der Waals surface area contributed by atoms with E-state index in [9.17, 15) is 14.0 Å². The second kappa shape index (κ2) is 8.78. The van der Waals surface area contributed by atoms with Gasteiger partial charge in [-0.05, 0) is 56.5 Å². The number of carbonyl (C=O) groups is 2. The van der Waals surface area contributed by atoms with E-state index in [0.29, 0.717) is 6.54 Å². The zero-order chi connectivity index (χ0) is 17.5. The van der Waals surface area contributed by atoms with Crippen LogP contribution in [0.5, 0.6) is 0 Å². The highest BCUT2D eigenvalue weighted by Gasteiger charge is 2.18. The van der Waals surface area contributed by atoms with Gasteiger partial charge >= 0.3 is 11.8 Å². The summed E-state index contributed by atoms with van der Waals surface area (Å²) in [5.41, 5.74) is 0.832. The molecule has 5 nitrogen and oxygen atoms in total. The number of amides is 2. The summed E-state index contributed by atoms with van der Waals surface area (Å²) in [6, 6.07) is 4.37. The van der Waals surface area contributed by atoms with Crippen molar-refractivity contribution in [2.45, 2.75) is 33.1 Å². The fourth-order valence-electron chi connectivity index (χ4n) is 2.91. The number of likely N-dealkylation sites (tertiary alicyclic amines) is 1. The molecule has 1 saturated heterocycles. The van der Waals surface area contributed by atoms with E-state index >= 15 is 0 Å². The Morgan fingerprint density at radius 2 is 1.92 bits per heavy atom. The minimum Gasteiger partial charge on any atom is -0.348 e. The predicted octanol–water partition coefficient (Wildman–Crippen LogP) is 2.31. The number of carbonyl (C=O) groups excluding carboxylic acids is 2. The van der Waals surface area contributed by atoms with Crippen LogP contribution in [-0.4, -0.2) is 42.9 Å². The normalized spacial score (nSPS) is 16.5. The third kappa shape index (κ3) is 5.60. The maximum absolute atomic E-state index is 13.6. The molecule has 0 spiro atoms. The summed E-state index contributed by atoms with van der Waals surface area (Å²) in [7, 11) is 0. The topological polar surface area (TPSA) is 61.4 Å². The molecule has 0 aliphatic carbocycles. The zero-order valence-electron chi connectivity index (χ0n) is 14.4. The highest BCUT2D eigenvalue weighted by Crippen LogP contribution is 2.15. The van der Waals surface area contributed by atoms with Gasteiger partial charge in [0.05, 0.1) is 5.69 Å². The van der Waals surface area contributed by atoms with Gasteiger partial charge in [0.2, 0.25) is 0 Å². The summed E-state index contributed by atoms with van der Waals surface area (Å²) in [6.07, 6.45) is 3.74. The molecule has 1 aliphatic rings. The van der Waals surface area contributed by atoms with E-state index in [0.717, 1.165) is 25.2 Å². The van der Waals surface area contributed by atoms with Crippen molar-refractivity contribution in [3.05, 3.63) is 29.6 Å². The van der Waals surface area contributed by atoms with Gasteiger partial charge in [-0.1, -0.05) is 19.4 Å². The second-order valence-corrected chi connectivity index (χ2v) is 6.61. The number of hydrogen-bond donors (Lipinski definition) is 2. The average molecular weight is 335 g/mol. The number of benzene rings is 1. The number of aryl methyl sites for hydroxylation is 1. The smallest absolute Gasteiger partial charge is 0.313 e. The Labute approximate surface area is 142 Å². The molecule has 0 bridgehead atoms. The summed E-state index contributed by atoms with van der Waals surface area (Å²) in [5.74, 6) is -1.87. The van der Waals surface area contributed by atoms with Gasteiger partial charge in [0.15, 0.2) is 0 Å². The van der Waals surface area contributed by atoms with Crippen LogP contribution in [0, 0.1) is 18.7 Å². The summed E-state index contributed by atoms with van der Waals surface area (Å²) < 4.78 is 13.6. The number of piperidine rings is 1. The van der Waals surface area contributed by atoms with Crippen molar-refractivity contribution in [1.82, 2.24) is 10.2 Å². The number of anilines is 1. The first-order chi connectivity index (χ1) is 11.5. The molecule has 24 heavy (non-hydrogen) atoms. The predicted molar refractivity (Wildman–Crippen MR) is 92.2 cm³/mol. The molecule has 1 atom stereocenters. The Hall–Kier alpha value is -1.95. The highest BCUT2D eigenvalue weighted by atomic mass is 19.1. The lowest BCUT2D eigenvalue weighted by atomic mass is 10.1. The largest absolute Gasteiger partial charge is 0.348 e. The third-order valence-corrected chi connectivity index (χ3v) is 4.21. The van der Waals surface area contributed by atoms with Crippen LogP contribution in [-0.2, 0) is 9.59 Å². The SMILES string of the molecule is Cc1ccc(F)c(NC(=O)C(=O)NCC(C)CN2CCCCC2)c1. The minimum absolute atomic E-state index is 0.0246. The van der Waals surface area contributed by atoms with Gasteiger partial charge in [0.1, 0.15) is 5.82 Å². The summed E-state index contributed by atoms with van der Waals surface area (Å²) >= 11 is 0. The zero-order valence-corrected chi connectivity index (χ0v) is 14.4. The first-order valence-electron chi connectivity index (χ1n) is 8.53. The first kappa shape index (κ1) is 18.4. The molecule has 0 saturated carbocycles. The average Bonchev–Trinajstić information content (AvgIpc) is 2.57. The van der Waals surface area contributed by atoms with Crippen molar-refractivity contribution in [1.29, 1.82) is 0 Å². The lowest BCUT2D eigenvalue weighted by Crippen LogP contribution is -2.41. The summed E-state index contributed by atoms with van der Waals surface area (Å²) in [6.45, 7) is 7.38. The van der Waals surface area contributed by atoms with Crippen molar-refractivity contribution in [3.8, 4) is 0 Å². The second-order valence-electron chi connectivity index (χ2n) is 6.61. The van der Waals surface area contributed by atoms with E-state index in [1.165, 1.54) is 31.4 Å². The number of rotatable bonds is 5. The molecular formula is C18H26FN3O2. The molecule has 1 aliphatic heterocycles. The van der Waals surface area contributed by atoms with Gasteiger partial charge in [-0.15, -0.1) is 0 Å². The monoisotopic (exact) mass is 335 g/mol. The number of halogens is 1. The molecule has 0 aromatic heterocycles. The van der Waals surface area contributed by atoms with Crippen LogP contribution in [0.2, 0.25) is 0 Å². The molecule has 1 aromatic carbocycles. The molecule has 2 N–H and O–H groups in total. The van der Waals surface area contributed by atoms with Crippen LogP contribution in [0.3, 0.4) is 0 Å². The van der Waals surface area contributed by atoms with Gasteiger partial charge in [0, 0.05) is 13.1 Å². The van der Waals surface area contributed by atoms with Crippen LogP contribution in [0.15, 0.2) is 18.2 Å². The molecule has 2 amide bonds. The molecule has 1 heterocycles. The maximum atomic E-state index is 13.6. The van der Waals surface area contributed by atoms with Crippen LogP contribution in [0.25, 0.3) is 0 Å². The number of nitrogens with one attached hydrogen (secondary N) is 2. The van der Waals surface area contributed by atoms with E-state index < -0.39 is 17.6 Å². The standard InChI is InChI=1S/C18H26FN3O2/c1-13-6-7-15(19)16(10-13)21-18(24)17(23)20-11-14(2)12-22-8-4-3-5-9-22/h6-7,10,14H,3-5,8-9,11-12H2,1-2H3,(H,20,23)(H,21,24).